The maximum Gasteiger partial charge on any atom is 0.0841 e. The van der Waals surface area contributed by atoms with Gasteiger partial charge in [0, 0.05) is 19.0 Å². The molecule has 2 saturated heterocycles. The zero-order valence-electron chi connectivity index (χ0n) is 10.9. The van der Waals surface area contributed by atoms with E-state index in [0.717, 1.165) is 13.1 Å². The van der Waals surface area contributed by atoms with Crippen molar-refractivity contribution in [3.63, 3.8) is 0 Å². The Morgan fingerprint density at radius 1 is 1.12 bits per heavy atom. The molecule has 2 aliphatic heterocycles. The number of halogens is 1. The molecule has 0 aliphatic carbocycles. The third-order valence-electron chi connectivity index (χ3n) is 3.72. The molecule has 0 amide bonds. The molecule has 0 radical (unpaired) electrons. The molecular formula is C13H25ClN2O. The SMILES string of the molecule is CC1CN(CCCN2CCCC2)CC(CCl)O1. The van der Waals surface area contributed by atoms with Crippen LogP contribution in [-0.2, 0) is 4.74 Å². The first-order valence-corrected chi connectivity index (χ1v) is 7.47. The summed E-state index contributed by atoms with van der Waals surface area (Å²) < 4.78 is 5.76. The van der Waals surface area contributed by atoms with Crippen LogP contribution in [0.25, 0.3) is 0 Å². The number of ether oxygens (including phenoxy) is 1. The van der Waals surface area contributed by atoms with Crippen molar-refractivity contribution in [1.82, 2.24) is 9.80 Å². The topological polar surface area (TPSA) is 15.7 Å². The Hall–Kier alpha value is 0.170. The monoisotopic (exact) mass is 260 g/mol. The number of rotatable bonds is 5. The van der Waals surface area contributed by atoms with Crippen LogP contribution < -0.4 is 0 Å². The highest BCUT2D eigenvalue weighted by Crippen LogP contribution is 2.13. The van der Waals surface area contributed by atoms with Crippen molar-refractivity contribution in [2.45, 2.75) is 38.4 Å². The first-order valence-electron chi connectivity index (χ1n) is 6.94. The van der Waals surface area contributed by atoms with Gasteiger partial charge in [-0.1, -0.05) is 0 Å². The van der Waals surface area contributed by atoms with Crippen molar-refractivity contribution in [2.75, 3.05) is 45.1 Å². The van der Waals surface area contributed by atoms with Gasteiger partial charge in [0.15, 0.2) is 0 Å². The van der Waals surface area contributed by atoms with Gasteiger partial charge in [-0.15, -0.1) is 11.6 Å². The van der Waals surface area contributed by atoms with E-state index in [1.54, 1.807) is 0 Å². The summed E-state index contributed by atoms with van der Waals surface area (Å²) in [6.07, 6.45) is 4.62. The van der Waals surface area contributed by atoms with Gasteiger partial charge in [-0.3, -0.25) is 4.90 Å². The highest BCUT2D eigenvalue weighted by molar-refractivity contribution is 6.18. The van der Waals surface area contributed by atoms with Crippen LogP contribution in [0, 0.1) is 0 Å². The Morgan fingerprint density at radius 2 is 1.82 bits per heavy atom. The van der Waals surface area contributed by atoms with E-state index in [2.05, 4.69) is 16.7 Å². The molecule has 100 valence electrons. The Balaban J connectivity index is 1.63. The van der Waals surface area contributed by atoms with Crippen molar-refractivity contribution in [3.8, 4) is 0 Å². The minimum Gasteiger partial charge on any atom is -0.371 e. The normalized spacial score (nSPS) is 32.1. The molecule has 0 aromatic heterocycles. The average molecular weight is 261 g/mol. The molecule has 2 aliphatic rings. The van der Waals surface area contributed by atoms with Crippen molar-refractivity contribution < 1.29 is 4.74 Å². The maximum absolute atomic E-state index is 5.89. The summed E-state index contributed by atoms with van der Waals surface area (Å²) in [4.78, 5) is 5.10. The minimum atomic E-state index is 0.229. The highest BCUT2D eigenvalue weighted by atomic mass is 35.5. The van der Waals surface area contributed by atoms with Crippen molar-refractivity contribution in [1.29, 1.82) is 0 Å². The molecule has 2 rings (SSSR count). The van der Waals surface area contributed by atoms with Crippen LogP contribution in [0.4, 0.5) is 0 Å². The number of hydrogen-bond acceptors (Lipinski definition) is 3. The molecule has 2 heterocycles. The zero-order chi connectivity index (χ0) is 12.1. The lowest BCUT2D eigenvalue weighted by Crippen LogP contribution is -2.47. The predicted molar refractivity (Wildman–Crippen MR) is 71.8 cm³/mol. The fourth-order valence-corrected chi connectivity index (χ4v) is 3.10. The number of hydrogen-bond donors (Lipinski definition) is 0. The van der Waals surface area contributed by atoms with Crippen LogP contribution in [0.3, 0.4) is 0 Å². The molecular weight excluding hydrogens is 236 g/mol. The third-order valence-corrected chi connectivity index (χ3v) is 4.07. The smallest absolute Gasteiger partial charge is 0.0841 e. The lowest BCUT2D eigenvalue weighted by Gasteiger charge is -2.36. The Kier molecular flexibility index (Phi) is 5.54. The van der Waals surface area contributed by atoms with Gasteiger partial charge in [-0.25, -0.2) is 0 Å². The molecule has 0 saturated carbocycles. The second-order valence-electron chi connectivity index (χ2n) is 5.38. The summed E-state index contributed by atoms with van der Waals surface area (Å²) in [6.45, 7) is 9.29. The summed E-state index contributed by atoms with van der Waals surface area (Å²) in [6, 6.07) is 0. The van der Waals surface area contributed by atoms with Crippen LogP contribution in [-0.4, -0.2) is 67.2 Å². The van der Waals surface area contributed by atoms with Gasteiger partial charge >= 0.3 is 0 Å². The number of alkyl halides is 1. The van der Waals surface area contributed by atoms with Gasteiger partial charge in [0.1, 0.15) is 0 Å². The Labute approximate surface area is 110 Å². The molecule has 0 spiro atoms. The van der Waals surface area contributed by atoms with Crippen molar-refractivity contribution in [3.05, 3.63) is 0 Å². The van der Waals surface area contributed by atoms with E-state index in [1.165, 1.54) is 45.4 Å². The third kappa shape index (κ3) is 4.40. The van der Waals surface area contributed by atoms with E-state index in [0.29, 0.717) is 12.0 Å². The maximum atomic E-state index is 5.89. The van der Waals surface area contributed by atoms with Crippen molar-refractivity contribution >= 4 is 11.6 Å². The summed E-state index contributed by atoms with van der Waals surface area (Å²) in [5.74, 6) is 0.618. The van der Waals surface area contributed by atoms with Gasteiger partial charge in [0.2, 0.25) is 0 Å². The average Bonchev–Trinajstić information content (AvgIpc) is 2.81. The van der Waals surface area contributed by atoms with Crippen LogP contribution in [0.5, 0.6) is 0 Å². The molecule has 2 fully saturated rings. The lowest BCUT2D eigenvalue weighted by atomic mass is 10.2. The second kappa shape index (κ2) is 6.93. The van der Waals surface area contributed by atoms with E-state index in [1.807, 2.05) is 0 Å². The molecule has 0 aromatic carbocycles. The molecule has 0 N–H and O–H groups in total. The molecule has 17 heavy (non-hydrogen) atoms. The first kappa shape index (κ1) is 13.6. The van der Waals surface area contributed by atoms with E-state index in [-0.39, 0.29) is 6.10 Å². The van der Waals surface area contributed by atoms with Gasteiger partial charge in [-0.2, -0.15) is 0 Å². The fourth-order valence-electron chi connectivity index (χ4n) is 2.93. The second-order valence-corrected chi connectivity index (χ2v) is 5.69. The van der Waals surface area contributed by atoms with Gasteiger partial charge in [0.25, 0.3) is 0 Å². The molecule has 0 aromatic rings. The van der Waals surface area contributed by atoms with Crippen LogP contribution in [0.2, 0.25) is 0 Å². The standard InChI is InChI=1S/C13H25ClN2O/c1-12-10-16(11-13(9-14)17-12)8-4-7-15-5-2-3-6-15/h12-13H,2-11H2,1H3. The number of morpholine rings is 1. The van der Waals surface area contributed by atoms with E-state index in [4.69, 9.17) is 16.3 Å². The molecule has 2 unspecified atom stereocenters. The Morgan fingerprint density at radius 3 is 2.53 bits per heavy atom. The summed E-state index contributed by atoms with van der Waals surface area (Å²) in [5.41, 5.74) is 0. The molecule has 2 atom stereocenters. The summed E-state index contributed by atoms with van der Waals surface area (Å²) in [7, 11) is 0. The van der Waals surface area contributed by atoms with E-state index >= 15 is 0 Å². The van der Waals surface area contributed by atoms with Gasteiger partial charge in [-0.05, 0) is 52.4 Å². The molecule has 3 nitrogen and oxygen atoms in total. The number of nitrogens with zero attached hydrogens (tertiary/aromatic N) is 2. The minimum absolute atomic E-state index is 0.229. The molecule has 0 bridgehead atoms. The zero-order valence-corrected chi connectivity index (χ0v) is 11.7. The van der Waals surface area contributed by atoms with Gasteiger partial charge < -0.3 is 9.64 Å². The fraction of sp³-hybridized carbons (Fsp3) is 1.00. The summed E-state index contributed by atoms with van der Waals surface area (Å²) >= 11 is 5.89. The number of likely N-dealkylation sites (tertiary alicyclic amines) is 1. The first-order chi connectivity index (χ1) is 8.28. The van der Waals surface area contributed by atoms with Crippen LogP contribution in [0.1, 0.15) is 26.2 Å². The molecule has 4 heteroatoms. The summed E-state index contributed by atoms with van der Waals surface area (Å²) in [5, 5.41) is 0. The van der Waals surface area contributed by atoms with Crippen LogP contribution in [0.15, 0.2) is 0 Å². The largest absolute Gasteiger partial charge is 0.371 e. The van der Waals surface area contributed by atoms with E-state index < -0.39 is 0 Å². The lowest BCUT2D eigenvalue weighted by molar-refractivity contribution is -0.0667. The van der Waals surface area contributed by atoms with Crippen LogP contribution >= 0.6 is 11.6 Å². The highest BCUT2D eigenvalue weighted by Gasteiger charge is 2.24. The predicted octanol–water partition coefficient (Wildman–Crippen LogP) is 1.80. The van der Waals surface area contributed by atoms with E-state index in [9.17, 15) is 0 Å². The van der Waals surface area contributed by atoms with Gasteiger partial charge in [0.05, 0.1) is 12.2 Å². The van der Waals surface area contributed by atoms with Crippen molar-refractivity contribution in [2.24, 2.45) is 0 Å². The quantitative estimate of drug-likeness (QED) is 0.701. The Bertz CT molecular complexity index is 221.